The first kappa shape index (κ1) is 16.0. The first-order valence-electron chi connectivity index (χ1n) is 8.15. The molecule has 1 N–H and O–H groups in total. The average Bonchev–Trinajstić information content (AvgIpc) is 3.18. The molecule has 0 bridgehead atoms. The van der Waals surface area contributed by atoms with Crippen LogP contribution in [-0.4, -0.2) is 30.5 Å². The molecule has 25 heavy (non-hydrogen) atoms. The smallest absolute Gasteiger partial charge is 0.276 e. The first-order valence-corrected chi connectivity index (χ1v) is 8.94. The molecule has 0 saturated heterocycles. The van der Waals surface area contributed by atoms with E-state index in [2.05, 4.69) is 42.3 Å². The van der Waals surface area contributed by atoms with Crippen LogP contribution in [0.5, 0.6) is 0 Å². The van der Waals surface area contributed by atoms with Crippen LogP contribution in [0.3, 0.4) is 0 Å². The van der Waals surface area contributed by atoms with Crippen molar-refractivity contribution in [2.45, 2.75) is 25.8 Å². The van der Waals surface area contributed by atoms with E-state index in [9.17, 15) is 4.79 Å². The van der Waals surface area contributed by atoms with Crippen LogP contribution in [0.2, 0.25) is 0 Å². The lowest BCUT2D eigenvalue weighted by Crippen LogP contribution is -2.16. The molecule has 0 spiro atoms. The number of imidazole rings is 1. The van der Waals surface area contributed by atoms with Crippen molar-refractivity contribution in [2.24, 2.45) is 7.05 Å². The Morgan fingerprint density at radius 2 is 2.04 bits per heavy atom. The van der Waals surface area contributed by atoms with Crippen molar-refractivity contribution in [1.82, 2.24) is 24.5 Å². The monoisotopic (exact) mass is 400 g/mol. The Morgan fingerprint density at radius 3 is 2.72 bits per heavy atom. The van der Waals surface area contributed by atoms with Gasteiger partial charge in [0, 0.05) is 37.5 Å². The number of carbonyl (C=O) groups excluding carboxylic acids is 1. The van der Waals surface area contributed by atoms with E-state index in [1.807, 2.05) is 24.3 Å². The largest absolute Gasteiger partial charge is 0.334 e. The lowest BCUT2D eigenvalue weighted by atomic mass is 10.1. The van der Waals surface area contributed by atoms with E-state index >= 15 is 0 Å². The molecule has 8 heteroatoms. The van der Waals surface area contributed by atoms with Crippen molar-refractivity contribution in [2.75, 3.05) is 5.32 Å². The molecule has 7 nitrogen and oxygen atoms in total. The predicted octanol–water partition coefficient (Wildman–Crippen LogP) is 3.03. The summed E-state index contributed by atoms with van der Waals surface area (Å²) >= 11 is 3.24. The van der Waals surface area contributed by atoms with E-state index in [-0.39, 0.29) is 5.91 Å². The number of rotatable bonds is 3. The zero-order valence-electron chi connectivity index (χ0n) is 13.7. The van der Waals surface area contributed by atoms with Gasteiger partial charge in [-0.2, -0.15) is 0 Å². The van der Waals surface area contributed by atoms with Gasteiger partial charge in [-0.05, 0) is 40.9 Å². The van der Waals surface area contributed by atoms with Crippen LogP contribution in [0, 0.1) is 0 Å². The molecule has 1 aromatic carbocycles. The van der Waals surface area contributed by atoms with E-state index in [1.54, 1.807) is 7.05 Å². The van der Waals surface area contributed by atoms with Gasteiger partial charge in [-0.1, -0.05) is 17.3 Å². The third-order valence-corrected chi connectivity index (χ3v) is 4.88. The molecular formula is C17H17BrN6O. The van der Waals surface area contributed by atoms with Crippen LogP contribution in [-0.2, 0) is 20.0 Å². The highest BCUT2D eigenvalue weighted by Gasteiger charge is 2.17. The van der Waals surface area contributed by atoms with Crippen molar-refractivity contribution < 1.29 is 4.79 Å². The number of aryl methyl sites for hydroxylation is 3. The van der Waals surface area contributed by atoms with Gasteiger partial charge >= 0.3 is 0 Å². The molecule has 2 aromatic heterocycles. The maximum absolute atomic E-state index is 12.3. The van der Waals surface area contributed by atoms with Crippen LogP contribution in [0.25, 0.3) is 11.3 Å². The Kier molecular flexibility index (Phi) is 4.12. The second kappa shape index (κ2) is 6.44. The Bertz CT molecular complexity index is 884. The van der Waals surface area contributed by atoms with Gasteiger partial charge in [0.15, 0.2) is 10.3 Å². The SMILES string of the molecule is Cn1nnc(Br)c1C(=O)Nc1ccc(-c2cn3c(n2)CCCC3)cc1. The van der Waals surface area contributed by atoms with E-state index in [1.165, 1.54) is 17.5 Å². The summed E-state index contributed by atoms with van der Waals surface area (Å²) in [6.45, 7) is 1.05. The van der Waals surface area contributed by atoms with Gasteiger partial charge in [0.2, 0.25) is 0 Å². The zero-order chi connectivity index (χ0) is 17.4. The van der Waals surface area contributed by atoms with Gasteiger partial charge in [0.25, 0.3) is 5.91 Å². The summed E-state index contributed by atoms with van der Waals surface area (Å²) in [5, 5.41) is 10.5. The molecule has 3 aromatic rings. The predicted molar refractivity (Wildman–Crippen MR) is 97.3 cm³/mol. The number of halogens is 1. The molecule has 0 aliphatic carbocycles. The highest BCUT2D eigenvalue weighted by molar-refractivity contribution is 9.10. The maximum atomic E-state index is 12.3. The first-order chi connectivity index (χ1) is 12.1. The van der Waals surface area contributed by atoms with Gasteiger partial charge in [-0.15, -0.1) is 5.10 Å². The molecule has 0 fully saturated rings. The average molecular weight is 401 g/mol. The van der Waals surface area contributed by atoms with Crippen molar-refractivity contribution in [3.8, 4) is 11.3 Å². The Morgan fingerprint density at radius 1 is 1.24 bits per heavy atom. The summed E-state index contributed by atoms with van der Waals surface area (Å²) in [4.78, 5) is 17.1. The highest BCUT2D eigenvalue weighted by Crippen LogP contribution is 2.24. The van der Waals surface area contributed by atoms with E-state index in [4.69, 9.17) is 4.98 Å². The minimum absolute atomic E-state index is 0.260. The summed E-state index contributed by atoms with van der Waals surface area (Å²) in [6.07, 6.45) is 5.58. The number of benzene rings is 1. The molecule has 0 saturated carbocycles. The number of anilines is 1. The van der Waals surface area contributed by atoms with Crippen LogP contribution in [0.15, 0.2) is 35.1 Å². The lowest BCUT2D eigenvalue weighted by molar-refractivity contribution is 0.101. The van der Waals surface area contributed by atoms with Gasteiger partial charge in [0.05, 0.1) is 5.69 Å². The van der Waals surface area contributed by atoms with Gasteiger partial charge in [-0.3, -0.25) is 4.79 Å². The minimum atomic E-state index is -0.260. The summed E-state index contributed by atoms with van der Waals surface area (Å²) < 4.78 is 4.10. The standard InChI is InChI=1S/C17H17BrN6O/c1-23-15(16(18)21-22-23)17(25)19-12-7-5-11(6-8-12)13-10-24-9-3-2-4-14(24)20-13/h5-8,10H,2-4,9H2,1H3,(H,19,25). The van der Waals surface area contributed by atoms with Crippen LogP contribution < -0.4 is 5.32 Å². The molecule has 1 aliphatic rings. The number of aromatic nitrogens is 5. The third kappa shape index (κ3) is 3.09. The number of fused-ring (bicyclic) bond motifs is 1. The van der Waals surface area contributed by atoms with Crippen molar-refractivity contribution in [3.05, 3.63) is 46.6 Å². The Hall–Kier alpha value is -2.48. The fourth-order valence-electron chi connectivity index (χ4n) is 3.04. The Labute approximate surface area is 153 Å². The molecule has 1 amide bonds. The molecule has 0 radical (unpaired) electrons. The molecule has 1 aliphatic heterocycles. The number of amides is 1. The molecule has 0 unspecified atom stereocenters. The minimum Gasteiger partial charge on any atom is -0.334 e. The quantitative estimate of drug-likeness (QED) is 0.732. The molecule has 4 rings (SSSR count). The number of nitrogens with one attached hydrogen (secondary N) is 1. The van der Waals surface area contributed by atoms with Crippen molar-refractivity contribution in [1.29, 1.82) is 0 Å². The van der Waals surface area contributed by atoms with E-state index in [0.717, 1.165) is 30.0 Å². The zero-order valence-corrected chi connectivity index (χ0v) is 15.3. The number of nitrogens with zero attached hydrogens (tertiary/aromatic N) is 5. The van der Waals surface area contributed by atoms with Crippen molar-refractivity contribution in [3.63, 3.8) is 0 Å². The molecule has 128 valence electrons. The summed E-state index contributed by atoms with van der Waals surface area (Å²) in [5.74, 6) is 0.900. The molecule has 3 heterocycles. The molecular weight excluding hydrogens is 384 g/mol. The topological polar surface area (TPSA) is 77.6 Å². The van der Waals surface area contributed by atoms with Crippen LogP contribution in [0.4, 0.5) is 5.69 Å². The fraction of sp³-hybridized carbons (Fsp3) is 0.294. The molecule has 0 atom stereocenters. The lowest BCUT2D eigenvalue weighted by Gasteiger charge is -2.11. The van der Waals surface area contributed by atoms with Gasteiger partial charge in [0.1, 0.15) is 5.82 Å². The Balaban J connectivity index is 1.52. The normalized spacial score (nSPS) is 13.5. The number of carbonyl (C=O) groups is 1. The second-order valence-electron chi connectivity index (χ2n) is 6.08. The third-order valence-electron chi connectivity index (χ3n) is 4.35. The highest BCUT2D eigenvalue weighted by atomic mass is 79.9. The van der Waals surface area contributed by atoms with Crippen LogP contribution >= 0.6 is 15.9 Å². The van der Waals surface area contributed by atoms with Gasteiger partial charge < -0.3 is 9.88 Å². The summed E-state index contributed by atoms with van der Waals surface area (Å²) in [5.41, 5.74) is 3.12. The van der Waals surface area contributed by atoms with Crippen molar-refractivity contribution >= 4 is 27.5 Å². The number of hydrogen-bond donors (Lipinski definition) is 1. The van der Waals surface area contributed by atoms with Crippen LogP contribution in [0.1, 0.15) is 29.2 Å². The second-order valence-corrected chi connectivity index (χ2v) is 6.83. The van der Waals surface area contributed by atoms with E-state index in [0.29, 0.717) is 16.0 Å². The van der Waals surface area contributed by atoms with E-state index < -0.39 is 0 Å². The summed E-state index contributed by atoms with van der Waals surface area (Å²) in [6, 6.07) is 7.70. The number of hydrogen-bond acceptors (Lipinski definition) is 4. The fourth-order valence-corrected chi connectivity index (χ4v) is 3.55. The maximum Gasteiger partial charge on any atom is 0.276 e. The summed E-state index contributed by atoms with van der Waals surface area (Å²) in [7, 11) is 1.68. The van der Waals surface area contributed by atoms with Gasteiger partial charge in [-0.25, -0.2) is 9.67 Å².